The zero-order valence-corrected chi connectivity index (χ0v) is 15.7. The molecule has 0 fully saturated rings. The zero-order chi connectivity index (χ0) is 18.6. The fourth-order valence-corrected chi connectivity index (χ4v) is 3.80. The number of thioether (sulfide) groups is 1. The Morgan fingerprint density at radius 1 is 1.11 bits per heavy atom. The third kappa shape index (κ3) is 3.97. The van der Waals surface area contributed by atoms with Gasteiger partial charge in [0, 0.05) is 22.5 Å². The topological polar surface area (TPSA) is 59.3 Å². The SMILES string of the molecule is O=Cc1cnn2c(SCc3ccccc3)cc(Nc3cccc(Cl)c3)nc12. The molecule has 0 aliphatic carbocycles. The van der Waals surface area contributed by atoms with Gasteiger partial charge in [-0.25, -0.2) is 9.50 Å². The standard InChI is InChI=1S/C20H15ClN4OS/c21-16-7-4-8-17(9-16)23-18-10-19(27-13-14-5-2-1-3-6-14)25-20(24-18)15(12-26)11-22-25/h1-12H,13H2,(H,23,24). The van der Waals surface area contributed by atoms with Crippen LogP contribution in [0.4, 0.5) is 11.5 Å². The Bertz CT molecular complexity index is 1100. The zero-order valence-electron chi connectivity index (χ0n) is 14.2. The molecule has 2 heterocycles. The molecule has 4 rings (SSSR count). The van der Waals surface area contributed by atoms with Crippen molar-refractivity contribution in [1.82, 2.24) is 14.6 Å². The molecule has 0 unspecified atom stereocenters. The second-order valence-electron chi connectivity index (χ2n) is 5.84. The Morgan fingerprint density at radius 2 is 1.96 bits per heavy atom. The lowest BCUT2D eigenvalue weighted by atomic mass is 10.2. The first kappa shape index (κ1) is 17.6. The highest BCUT2D eigenvalue weighted by Gasteiger charge is 2.12. The van der Waals surface area contributed by atoms with Crippen LogP contribution in [0.5, 0.6) is 0 Å². The number of nitrogens with one attached hydrogen (secondary N) is 1. The maximum absolute atomic E-state index is 11.3. The first-order valence-corrected chi connectivity index (χ1v) is 9.62. The Kier molecular flexibility index (Phi) is 5.09. The molecule has 0 aliphatic heterocycles. The minimum absolute atomic E-state index is 0.450. The molecule has 2 aromatic heterocycles. The van der Waals surface area contributed by atoms with Gasteiger partial charge in [0.05, 0.1) is 11.8 Å². The summed E-state index contributed by atoms with van der Waals surface area (Å²) in [6, 6.07) is 19.5. The number of fused-ring (bicyclic) bond motifs is 1. The predicted octanol–water partition coefficient (Wildman–Crippen LogP) is 5.23. The number of rotatable bonds is 6. The summed E-state index contributed by atoms with van der Waals surface area (Å²) in [6.07, 6.45) is 2.30. The first-order chi connectivity index (χ1) is 13.2. The van der Waals surface area contributed by atoms with E-state index in [4.69, 9.17) is 11.6 Å². The third-order valence-electron chi connectivity index (χ3n) is 3.92. The Labute approximate surface area is 165 Å². The van der Waals surface area contributed by atoms with Crippen molar-refractivity contribution < 1.29 is 4.79 Å². The molecule has 0 saturated carbocycles. The number of anilines is 2. The van der Waals surface area contributed by atoms with Crippen molar-refractivity contribution in [3.63, 3.8) is 0 Å². The average Bonchev–Trinajstić information content (AvgIpc) is 3.10. The van der Waals surface area contributed by atoms with Crippen LogP contribution in [0, 0.1) is 0 Å². The molecule has 0 radical (unpaired) electrons. The van der Waals surface area contributed by atoms with Crippen molar-refractivity contribution in [2.24, 2.45) is 0 Å². The molecule has 7 heteroatoms. The second kappa shape index (κ2) is 7.82. The minimum Gasteiger partial charge on any atom is -0.340 e. The van der Waals surface area contributed by atoms with E-state index >= 15 is 0 Å². The van der Waals surface area contributed by atoms with Crippen molar-refractivity contribution in [1.29, 1.82) is 0 Å². The van der Waals surface area contributed by atoms with Gasteiger partial charge in [-0.05, 0) is 23.8 Å². The number of carbonyl (C=O) groups is 1. The van der Waals surface area contributed by atoms with E-state index in [1.807, 2.05) is 48.5 Å². The highest BCUT2D eigenvalue weighted by Crippen LogP contribution is 2.28. The van der Waals surface area contributed by atoms with Crippen LogP contribution in [0.3, 0.4) is 0 Å². The monoisotopic (exact) mass is 394 g/mol. The van der Waals surface area contributed by atoms with Crippen molar-refractivity contribution in [3.05, 3.63) is 83.0 Å². The first-order valence-electron chi connectivity index (χ1n) is 8.26. The van der Waals surface area contributed by atoms with Gasteiger partial charge >= 0.3 is 0 Å². The van der Waals surface area contributed by atoms with Gasteiger partial charge in [-0.3, -0.25) is 4.79 Å². The number of carbonyl (C=O) groups excluding carboxylic acids is 1. The Morgan fingerprint density at radius 3 is 2.74 bits per heavy atom. The van der Waals surface area contributed by atoms with E-state index in [1.54, 1.807) is 16.3 Å². The molecule has 5 nitrogen and oxygen atoms in total. The van der Waals surface area contributed by atoms with Crippen LogP contribution < -0.4 is 5.32 Å². The number of nitrogens with zero attached hydrogens (tertiary/aromatic N) is 3. The number of hydrogen-bond donors (Lipinski definition) is 1. The summed E-state index contributed by atoms with van der Waals surface area (Å²) < 4.78 is 1.69. The largest absolute Gasteiger partial charge is 0.340 e. The van der Waals surface area contributed by atoms with Gasteiger partial charge in [0.25, 0.3) is 0 Å². The van der Waals surface area contributed by atoms with Crippen molar-refractivity contribution >= 4 is 46.8 Å². The number of aldehydes is 1. The van der Waals surface area contributed by atoms with Gasteiger partial charge in [0.2, 0.25) is 0 Å². The van der Waals surface area contributed by atoms with Crippen LogP contribution in [-0.4, -0.2) is 20.9 Å². The van der Waals surface area contributed by atoms with Crippen LogP contribution in [0.25, 0.3) is 5.65 Å². The molecular weight excluding hydrogens is 380 g/mol. The molecule has 2 aromatic carbocycles. The normalized spacial score (nSPS) is 10.9. The van der Waals surface area contributed by atoms with E-state index in [9.17, 15) is 4.79 Å². The lowest BCUT2D eigenvalue weighted by molar-refractivity contribution is 0.112. The predicted molar refractivity (Wildman–Crippen MR) is 109 cm³/mol. The summed E-state index contributed by atoms with van der Waals surface area (Å²) in [5, 5.41) is 9.09. The van der Waals surface area contributed by atoms with E-state index < -0.39 is 0 Å². The number of benzene rings is 2. The van der Waals surface area contributed by atoms with E-state index in [0.717, 1.165) is 22.8 Å². The van der Waals surface area contributed by atoms with Crippen molar-refractivity contribution in [3.8, 4) is 0 Å². The van der Waals surface area contributed by atoms with E-state index in [-0.39, 0.29) is 0 Å². The lowest BCUT2D eigenvalue weighted by Gasteiger charge is -2.10. The van der Waals surface area contributed by atoms with Crippen LogP contribution in [0.15, 0.2) is 71.9 Å². The van der Waals surface area contributed by atoms with Gasteiger partial charge in [-0.2, -0.15) is 5.10 Å². The molecule has 0 atom stereocenters. The van der Waals surface area contributed by atoms with E-state index in [0.29, 0.717) is 22.1 Å². The summed E-state index contributed by atoms with van der Waals surface area (Å²) in [5.41, 5.74) is 3.00. The van der Waals surface area contributed by atoms with Gasteiger partial charge in [-0.1, -0.05) is 48.0 Å². The van der Waals surface area contributed by atoms with E-state index in [1.165, 1.54) is 11.8 Å². The summed E-state index contributed by atoms with van der Waals surface area (Å²) in [4.78, 5) is 15.9. The average molecular weight is 395 g/mol. The quantitative estimate of drug-likeness (QED) is 0.275. The number of aromatic nitrogens is 3. The third-order valence-corrected chi connectivity index (χ3v) is 5.22. The Hall–Kier alpha value is -2.83. The van der Waals surface area contributed by atoms with Crippen LogP contribution in [0.2, 0.25) is 5.02 Å². The van der Waals surface area contributed by atoms with Gasteiger partial charge in [0.15, 0.2) is 11.9 Å². The molecule has 134 valence electrons. The lowest BCUT2D eigenvalue weighted by Crippen LogP contribution is -2.01. The fraction of sp³-hybridized carbons (Fsp3) is 0.0500. The van der Waals surface area contributed by atoms with Crippen molar-refractivity contribution in [2.75, 3.05) is 5.32 Å². The van der Waals surface area contributed by atoms with Gasteiger partial charge in [0.1, 0.15) is 10.8 Å². The number of halogens is 1. The maximum Gasteiger partial charge on any atom is 0.169 e. The number of hydrogen-bond acceptors (Lipinski definition) is 5. The molecule has 0 saturated heterocycles. The molecule has 1 N–H and O–H groups in total. The highest BCUT2D eigenvalue weighted by atomic mass is 35.5. The maximum atomic E-state index is 11.3. The smallest absolute Gasteiger partial charge is 0.169 e. The molecule has 0 spiro atoms. The van der Waals surface area contributed by atoms with E-state index in [2.05, 4.69) is 27.5 Å². The molecular formula is C20H15ClN4OS. The Balaban J connectivity index is 1.70. The molecule has 0 amide bonds. The molecule has 4 aromatic rings. The summed E-state index contributed by atoms with van der Waals surface area (Å²) in [6.45, 7) is 0. The summed E-state index contributed by atoms with van der Waals surface area (Å²) >= 11 is 7.69. The van der Waals surface area contributed by atoms with Gasteiger partial charge < -0.3 is 5.32 Å². The fourth-order valence-electron chi connectivity index (χ4n) is 2.65. The molecule has 27 heavy (non-hydrogen) atoms. The summed E-state index contributed by atoms with van der Waals surface area (Å²) in [5.74, 6) is 1.41. The van der Waals surface area contributed by atoms with Gasteiger partial charge in [-0.15, -0.1) is 11.8 Å². The minimum atomic E-state index is 0.450. The molecule has 0 aliphatic rings. The van der Waals surface area contributed by atoms with Crippen LogP contribution >= 0.6 is 23.4 Å². The highest BCUT2D eigenvalue weighted by molar-refractivity contribution is 7.98. The van der Waals surface area contributed by atoms with Crippen molar-refractivity contribution in [2.45, 2.75) is 10.8 Å². The van der Waals surface area contributed by atoms with Crippen LogP contribution in [0.1, 0.15) is 15.9 Å². The van der Waals surface area contributed by atoms with Crippen LogP contribution in [-0.2, 0) is 5.75 Å². The summed E-state index contributed by atoms with van der Waals surface area (Å²) in [7, 11) is 0. The second-order valence-corrected chi connectivity index (χ2v) is 7.27. The molecule has 0 bridgehead atoms.